The Morgan fingerprint density at radius 3 is 2.68 bits per heavy atom. The molecule has 4 heteroatoms. The van der Waals surface area contributed by atoms with E-state index in [9.17, 15) is 4.79 Å². The molecule has 0 unspecified atom stereocenters. The lowest BCUT2D eigenvalue weighted by molar-refractivity contribution is -0.128. The summed E-state index contributed by atoms with van der Waals surface area (Å²) in [6, 6.07) is 10.3. The van der Waals surface area contributed by atoms with E-state index in [-0.39, 0.29) is 11.3 Å². The van der Waals surface area contributed by atoms with Gasteiger partial charge >= 0.3 is 0 Å². The summed E-state index contributed by atoms with van der Waals surface area (Å²) in [6.45, 7) is 3.65. The molecule has 4 nitrogen and oxygen atoms in total. The molecular formula is C21H32N2O2. The fourth-order valence-electron chi connectivity index (χ4n) is 4.14. The van der Waals surface area contributed by atoms with E-state index in [0.717, 1.165) is 58.3 Å². The van der Waals surface area contributed by atoms with Crippen LogP contribution in [0, 0.1) is 0 Å². The van der Waals surface area contributed by atoms with Gasteiger partial charge in [0.05, 0.1) is 11.5 Å². The lowest BCUT2D eigenvalue weighted by atomic mass is 9.72. The van der Waals surface area contributed by atoms with Crippen molar-refractivity contribution in [3.63, 3.8) is 0 Å². The van der Waals surface area contributed by atoms with Crippen LogP contribution in [-0.4, -0.2) is 50.2 Å². The number of hydrogen-bond acceptors (Lipinski definition) is 3. The van der Waals surface area contributed by atoms with Crippen LogP contribution >= 0.6 is 0 Å². The van der Waals surface area contributed by atoms with E-state index in [1.807, 2.05) is 18.2 Å². The summed E-state index contributed by atoms with van der Waals surface area (Å²) in [4.78, 5) is 15.4. The standard InChI is InChI=1S/C21H32N2O2/c1-23-15-12-21(13-16-23,18-8-3-2-4-9-18)20(24)22-14-6-5-10-19-11-7-17-25-19/h2-4,8-9,19H,5-7,10-17H2,1H3,(H,22,24)/t19-/m0/s1. The highest BCUT2D eigenvalue weighted by Crippen LogP contribution is 2.35. The highest BCUT2D eigenvalue weighted by molar-refractivity contribution is 5.88. The van der Waals surface area contributed by atoms with E-state index in [1.165, 1.54) is 18.4 Å². The molecule has 1 atom stereocenters. The molecule has 3 rings (SSSR count). The van der Waals surface area contributed by atoms with Crippen LogP contribution in [0.1, 0.15) is 50.5 Å². The molecule has 2 saturated heterocycles. The zero-order valence-corrected chi connectivity index (χ0v) is 15.5. The topological polar surface area (TPSA) is 41.6 Å². The van der Waals surface area contributed by atoms with E-state index in [4.69, 9.17) is 4.74 Å². The van der Waals surface area contributed by atoms with E-state index in [1.54, 1.807) is 0 Å². The number of piperidine rings is 1. The largest absolute Gasteiger partial charge is 0.378 e. The molecule has 138 valence electrons. The maximum Gasteiger partial charge on any atom is 0.230 e. The molecule has 0 saturated carbocycles. The maximum atomic E-state index is 13.1. The van der Waals surface area contributed by atoms with Crippen molar-refractivity contribution in [1.82, 2.24) is 10.2 Å². The van der Waals surface area contributed by atoms with Crippen LogP contribution in [0.2, 0.25) is 0 Å². The summed E-state index contributed by atoms with van der Waals surface area (Å²) in [5.41, 5.74) is 0.808. The molecule has 0 aromatic heterocycles. The molecule has 0 bridgehead atoms. The molecule has 2 aliphatic heterocycles. The number of ether oxygens (including phenoxy) is 1. The van der Waals surface area contributed by atoms with Crippen LogP contribution < -0.4 is 5.32 Å². The number of hydrogen-bond donors (Lipinski definition) is 1. The molecule has 2 aliphatic rings. The molecule has 2 fully saturated rings. The number of nitrogens with one attached hydrogen (secondary N) is 1. The number of likely N-dealkylation sites (tertiary alicyclic amines) is 1. The van der Waals surface area contributed by atoms with Crippen LogP contribution in [0.4, 0.5) is 0 Å². The summed E-state index contributed by atoms with van der Waals surface area (Å²) >= 11 is 0. The third-order valence-corrected chi connectivity index (χ3v) is 5.86. The normalized spacial score (nSPS) is 23.5. The minimum Gasteiger partial charge on any atom is -0.378 e. The average molecular weight is 344 g/mol. The van der Waals surface area contributed by atoms with Gasteiger partial charge in [0, 0.05) is 13.2 Å². The smallest absolute Gasteiger partial charge is 0.230 e. The van der Waals surface area contributed by atoms with Crippen molar-refractivity contribution < 1.29 is 9.53 Å². The Bertz CT molecular complexity index is 532. The second-order valence-corrected chi connectivity index (χ2v) is 7.64. The van der Waals surface area contributed by atoms with E-state index < -0.39 is 0 Å². The van der Waals surface area contributed by atoms with Crippen LogP contribution in [0.5, 0.6) is 0 Å². The summed E-state index contributed by atoms with van der Waals surface area (Å²) in [5.74, 6) is 0.212. The number of rotatable bonds is 7. The molecule has 1 N–H and O–H groups in total. The number of benzene rings is 1. The van der Waals surface area contributed by atoms with Gasteiger partial charge in [0.1, 0.15) is 0 Å². The zero-order valence-electron chi connectivity index (χ0n) is 15.5. The average Bonchev–Trinajstić information content (AvgIpc) is 3.16. The van der Waals surface area contributed by atoms with Crippen LogP contribution in [-0.2, 0) is 14.9 Å². The van der Waals surface area contributed by atoms with E-state index in [2.05, 4.69) is 29.4 Å². The van der Waals surface area contributed by atoms with Crippen molar-refractivity contribution in [2.24, 2.45) is 0 Å². The second kappa shape index (κ2) is 8.81. The van der Waals surface area contributed by atoms with Crippen molar-refractivity contribution in [2.75, 3.05) is 33.3 Å². The van der Waals surface area contributed by atoms with Gasteiger partial charge in [0.2, 0.25) is 5.91 Å². The third kappa shape index (κ3) is 4.62. The number of unbranched alkanes of at least 4 members (excludes halogenated alkanes) is 1. The minimum absolute atomic E-state index is 0.212. The Balaban J connectivity index is 1.52. The Morgan fingerprint density at radius 1 is 1.24 bits per heavy atom. The first-order valence-electron chi connectivity index (χ1n) is 9.85. The SMILES string of the molecule is CN1CCC(C(=O)NCCCC[C@H]2CCCO2)(c2ccccc2)CC1. The number of nitrogens with zero attached hydrogens (tertiary/aromatic N) is 1. The van der Waals surface area contributed by atoms with Gasteiger partial charge in [0.15, 0.2) is 0 Å². The second-order valence-electron chi connectivity index (χ2n) is 7.64. The Labute approximate surface area is 151 Å². The van der Waals surface area contributed by atoms with E-state index >= 15 is 0 Å². The Hall–Kier alpha value is -1.39. The number of carbonyl (C=O) groups excluding carboxylic acids is 1. The highest BCUT2D eigenvalue weighted by atomic mass is 16.5. The summed E-state index contributed by atoms with van der Waals surface area (Å²) in [6.07, 6.45) is 7.96. The fraction of sp³-hybridized carbons (Fsp3) is 0.667. The summed E-state index contributed by atoms with van der Waals surface area (Å²) in [5, 5.41) is 3.23. The van der Waals surface area contributed by atoms with Gasteiger partial charge in [-0.05, 0) is 70.6 Å². The molecule has 1 amide bonds. The minimum atomic E-state index is -0.359. The summed E-state index contributed by atoms with van der Waals surface area (Å²) < 4.78 is 5.67. The first-order chi connectivity index (χ1) is 12.2. The van der Waals surface area contributed by atoms with Gasteiger partial charge in [0.25, 0.3) is 0 Å². The number of amides is 1. The molecule has 1 aromatic rings. The van der Waals surface area contributed by atoms with Crippen molar-refractivity contribution >= 4 is 5.91 Å². The van der Waals surface area contributed by atoms with Gasteiger partial charge in [-0.1, -0.05) is 30.3 Å². The quantitative estimate of drug-likeness (QED) is 0.773. The highest BCUT2D eigenvalue weighted by Gasteiger charge is 2.41. The van der Waals surface area contributed by atoms with Crippen molar-refractivity contribution in [2.45, 2.75) is 56.5 Å². The first-order valence-corrected chi connectivity index (χ1v) is 9.85. The predicted octanol–water partition coefficient (Wildman–Crippen LogP) is 3.12. The van der Waals surface area contributed by atoms with Gasteiger partial charge in [-0.2, -0.15) is 0 Å². The van der Waals surface area contributed by atoms with Crippen LogP contribution in [0.3, 0.4) is 0 Å². The van der Waals surface area contributed by atoms with Crippen molar-refractivity contribution in [1.29, 1.82) is 0 Å². The summed E-state index contributed by atoms with van der Waals surface area (Å²) in [7, 11) is 2.14. The van der Waals surface area contributed by atoms with Crippen molar-refractivity contribution in [3.05, 3.63) is 35.9 Å². The van der Waals surface area contributed by atoms with Gasteiger partial charge in [-0.25, -0.2) is 0 Å². The molecule has 0 radical (unpaired) electrons. The van der Waals surface area contributed by atoms with Gasteiger partial charge in [-0.3, -0.25) is 4.79 Å². The Kier molecular flexibility index (Phi) is 6.49. The fourth-order valence-corrected chi connectivity index (χ4v) is 4.14. The molecule has 0 spiro atoms. The molecule has 25 heavy (non-hydrogen) atoms. The number of carbonyl (C=O) groups is 1. The lowest BCUT2D eigenvalue weighted by Gasteiger charge is -2.39. The van der Waals surface area contributed by atoms with Crippen LogP contribution in [0.25, 0.3) is 0 Å². The third-order valence-electron chi connectivity index (χ3n) is 5.86. The zero-order chi connectivity index (χ0) is 17.5. The van der Waals surface area contributed by atoms with Crippen molar-refractivity contribution in [3.8, 4) is 0 Å². The molecule has 2 heterocycles. The first kappa shape index (κ1) is 18.4. The maximum absolute atomic E-state index is 13.1. The monoisotopic (exact) mass is 344 g/mol. The lowest BCUT2D eigenvalue weighted by Crippen LogP contribution is -2.51. The van der Waals surface area contributed by atoms with Gasteiger partial charge < -0.3 is 15.0 Å². The molecule has 0 aliphatic carbocycles. The van der Waals surface area contributed by atoms with Crippen LogP contribution in [0.15, 0.2) is 30.3 Å². The Morgan fingerprint density at radius 2 is 2.00 bits per heavy atom. The van der Waals surface area contributed by atoms with E-state index in [0.29, 0.717) is 6.10 Å². The molecule has 1 aromatic carbocycles. The van der Waals surface area contributed by atoms with Gasteiger partial charge in [-0.15, -0.1) is 0 Å². The predicted molar refractivity (Wildman–Crippen MR) is 101 cm³/mol. The molecular weight excluding hydrogens is 312 g/mol.